The van der Waals surface area contributed by atoms with Crippen LogP contribution < -0.4 is 0 Å². The molecule has 0 amide bonds. The van der Waals surface area contributed by atoms with Gasteiger partial charge in [0.25, 0.3) is 0 Å². The third-order valence-corrected chi connectivity index (χ3v) is 4.38. The fourth-order valence-corrected chi connectivity index (χ4v) is 2.32. The van der Waals surface area contributed by atoms with Crippen molar-refractivity contribution in [3.63, 3.8) is 0 Å². The summed E-state index contributed by atoms with van der Waals surface area (Å²) in [7, 11) is 0. The number of carbonyl (C=O) groups is 5. The molecule has 0 radical (unpaired) electrons. The summed E-state index contributed by atoms with van der Waals surface area (Å²) in [5.41, 5.74) is 0. The average Bonchev–Trinajstić information content (AvgIpc) is 2.82. The average molecular weight is 512 g/mol. The van der Waals surface area contributed by atoms with Crippen LogP contribution in [0.2, 0.25) is 0 Å². The van der Waals surface area contributed by atoms with Gasteiger partial charge in [0.05, 0.1) is 0 Å². The predicted octanol–water partition coefficient (Wildman–Crippen LogP) is -1.54. The van der Waals surface area contributed by atoms with Crippen molar-refractivity contribution in [2.24, 2.45) is 0 Å². The maximum absolute atomic E-state index is 12.2. The van der Waals surface area contributed by atoms with Gasteiger partial charge in [0, 0.05) is 32.1 Å². The molecule has 0 aromatic rings. The molecule has 15 heteroatoms. The molecule has 0 saturated carbocycles. The second-order valence-electron chi connectivity index (χ2n) is 6.95. The topological polar surface area (TPSA) is 233 Å². The van der Waals surface area contributed by atoms with Crippen LogP contribution in [0.3, 0.4) is 0 Å². The summed E-state index contributed by atoms with van der Waals surface area (Å²) in [6.07, 6.45) is -2.83. The van der Waals surface area contributed by atoms with Crippen LogP contribution in [0, 0.1) is 0 Å². The standard InChI is InChI=1S/C20H32O15/c1-6-12(22)31-17(27,11-21)18(28,32-13(23)7-2)19(29,33-14(24)8-3)20(30,34-15(25)9-4)35-16(26)10-5/h21,27-30H,6-11H2,1-5H3/t17-,18?,19-/m0/s1. The van der Waals surface area contributed by atoms with E-state index in [9.17, 15) is 49.5 Å². The van der Waals surface area contributed by atoms with Gasteiger partial charge in [-0.15, -0.1) is 0 Å². The fraction of sp³-hybridized carbons (Fsp3) is 0.750. The molecular formula is C20H32O15. The van der Waals surface area contributed by atoms with Gasteiger partial charge in [-0.3, -0.25) is 24.0 Å². The molecule has 0 heterocycles. The van der Waals surface area contributed by atoms with Crippen molar-refractivity contribution in [2.75, 3.05) is 6.61 Å². The van der Waals surface area contributed by atoms with Crippen molar-refractivity contribution in [3.05, 3.63) is 0 Å². The number of carbonyl (C=O) groups excluding carboxylic acids is 5. The molecule has 0 saturated heterocycles. The third kappa shape index (κ3) is 6.85. The van der Waals surface area contributed by atoms with Crippen molar-refractivity contribution in [3.8, 4) is 0 Å². The number of aliphatic hydroxyl groups excluding tert-OH is 1. The number of hydrogen-bond donors (Lipinski definition) is 5. The Bertz CT molecular complexity index is 777. The van der Waals surface area contributed by atoms with Crippen molar-refractivity contribution < 1.29 is 73.2 Å². The Morgan fingerprint density at radius 3 is 1.11 bits per heavy atom. The lowest BCUT2D eigenvalue weighted by Gasteiger charge is -2.50. The second kappa shape index (κ2) is 12.7. The van der Waals surface area contributed by atoms with Gasteiger partial charge >= 0.3 is 53.2 Å². The molecule has 0 fully saturated rings. The molecule has 0 spiro atoms. The summed E-state index contributed by atoms with van der Waals surface area (Å²) in [4.78, 5) is 60.4. The Kier molecular flexibility index (Phi) is 11.7. The van der Waals surface area contributed by atoms with Gasteiger partial charge in [-0.2, -0.15) is 0 Å². The first-order chi connectivity index (χ1) is 16.1. The van der Waals surface area contributed by atoms with Crippen LogP contribution in [-0.4, -0.2) is 85.3 Å². The van der Waals surface area contributed by atoms with E-state index in [1.54, 1.807) is 0 Å². The molecule has 0 rings (SSSR count). The molecule has 35 heavy (non-hydrogen) atoms. The minimum Gasteiger partial charge on any atom is -0.423 e. The van der Waals surface area contributed by atoms with E-state index in [0.29, 0.717) is 0 Å². The summed E-state index contributed by atoms with van der Waals surface area (Å²) < 4.78 is 23.0. The Labute approximate surface area is 200 Å². The quantitative estimate of drug-likeness (QED) is 0.101. The molecule has 0 bridgehead atoms. The summed E-state index contributed by atoms with van der Waals surface area (Å²) in [6.45, 7) is 4.05. The van der Waals surface area contributed by atoms with Crippen LogP contribution in [0.1, 0.15) is 66.7 Å². The van der Waals surface area contributed by atoms with Crippen LogP contribution in [-0.2, 0) is 47.7 Å². The van der Waals surface area contributed by atoms with E-state index in [0.717, 1.165) is 13.8 Å². The molecule has 3 atom stereocenters. The highest BCUT2D eigenvalue weighted by Crippen LogP contribution is 2.45. The zero-order valence-corrected chi connectivity index (χ0v) is 20.1. The molecule has 0 aliphatic heterocycles. The normalized spacial score (nSPS) is 16.5. The van der Waals surface area contributed by atoms with Crippen LogP contribution in [0.5, 0.6) is 0 Å². The molecule has 0 aromatic carbocycles. The fourth-order valence-electron chi connectivity index (χ4n) is 2.32. The second-order valence-corrected chi connectivity index (χ2v) is 6.95. The summed E-state index contributed by atoms with van der Waals surface area (Å²) in [6, 6.07) is 0. The van der Waals surface area contributed by atoms with E-state index in [2.05, 4.69) is 23.7 Å². The first-order valence-electron chi connectivity index (χ1n) is 10.7. The smallest absolute Gasteiger partial charge is 0.423 e. The number of hydrogen-bond acceptors (Lipinski definition) is 15. The molecular weight excluding hydrogens is 480 g/mol. The van der Waals surface area contributed by atoms with Gasteiger partial charge in [0.1, 0.15) is 6.61 Å². The minimum atomic E-state index is -4.46. The lowest BCUT2D eigenvalue weighted by molar-refractivity contribution is -0.537. The van der Waals surface area contributed by atoms with Gasteiger partial charge in [0.15, 0.2) is 0 Å². The van der Waals surface area contributed by atoms with Crippen LogP contribution >= 0.6 is 0 Å². The molecule has 1 unspecified atom stereocenters. The van der Waals surface area contributed by atoms with E-state index in [-0.39, 0.29) is 0 Å². The molecule has 15 nitrogen and oxygen atoms in total. The zero-order chi connectivity index (χ0) is 27.7. The van der Waals surface area contributed by atoms with Crippen molar-refractivity contribution in [2.45, 2.75) is 90.1 Å². The first-order valence-corrected chi connectivity index (χ1v) is 10.7. The molecule has 0 aliphatic rings. The molecule has 5 N–H and O–H groups in total. The van der Waals surface area contributed by atoms with Gasteiger partial charge < -0.3 is 49.2 Å². The Balaban J connectivity index is 7.54. The number of esters is 5. The van der Waals surface area contributed by atoms with Crippen molar-refractivity contribution >= 4 is 29.8 Å². The van der Waals surface area contributed by atoms with E-state index in [4.69, 9.17) is 0 Å². The number of ether oxygens (including phenoxy) is 5. The van der Waals surface area contributed by atoms with Crippen LogP contribution in [0.4, 0.5) is 0 Å². The highest BCUT2D eigenvalue weighted by Gasteiger charge is 2.82. The van der Waals surface area contributed by atoms with Gasteiger partial charge in [-0.1, -0.05) is 34.6 Å². The highest BCUT2D eigenvalue weighted by molar-refractivity contribution is 5.74. The zero-order valence-electron chi connectivity index (χ0n) is 20.1. The Morgan fingerprint density at radius 1 is 0.514 bits per heavy atom. The summed E-state index contributed by atoms with van der Waals surface area (Å²) in [5, 5.41) is 54.5. The Hall–Kier alpha value is -2.85. The highest BCUT2D eigenvalue weighted by atomic mass is 16.9. The van der Waals surface area contributed by atoms with Crippen molar-refractivity contribution in [1.29, 1.82) is 0 Å². The van der Waals surface area contributed by atoms with Gasteiger partial charge in [-0.25, -0.2) is 0 Å². The SMILES string of the molecule is CCC(=O)OC(O)(OC(=O)CC)[C@@](O)(OC(=O)CC)C(O)(OC(=O)CC)[C@](O)(CO)OC(=O)CC. The maximum Gasteiger partial charge on any atom is 0.451 e. The lowest BCUT2D eigenvalue weighted by atomic mass is 9.92. The van der Waals surface area contributed by atoms with E-state index in [1.807, 2.05) is 0 Å². The van der Waals surface area contributed by atoms with Crippen LogP contribution in [0.25, 0.3) is 0 Å². The molecule has 0 aliphatic carbocycles. The first kappa shape index (κ1) is 32.1. The Morgan fingerprint density at radius 2 is 0.800 bits per heavy atom. The number of rotatable bonds is 14. The van der Waals surface area contributed by atoms with E-state index in [1.165, 1.54) is 20.8 Å². The predicted molar refractivity (Wildman–Crippen MR) is 109 cm³/mol. The van der Waals surface area contributed by atoms with E-state index >= 15 is 0 Å². The van der Waals surface area contributed by atoms with Gasteiger partial charge in [-0.05, 0) is 0 Å². The minimum absolute atomic E-state index is 0.507. The monoisotopic (exact) mass is 512 g/mol. The summed E-state index contributed by atoms with van der Waals surface area (Å²) >= 11 is 0. The maximum atomic E-state index is 12.2. The lowest BCUT2D eigenvalue weighted by Crippen LogP contribution is -2.81. The summed E-state index contributed by atoms with van der Waals surface area (Å²) in [5.74, 6) is -24.2. The molecule has 202 valence electrons. The van der Waals surface area contributed by atoms with E-state index < -0.39 is 91.9 Å². The van der Waals surface area contributed by atoms with Gasteiger partial charge in [0.2, 0.25) is 0 Å². The van der Waals surface area contributed by atoms with Crippen molar-refractivity contribution in [1.82, 2.24) is 0 Å². The largest absolute Gasteiger partial charge is 0.451 e. The third-order valence-electron chi connectivity index (χ3n) is 4.38. The molecule has 0 aromatic heterocycles. The number of aliphatic hydroxyl groups is 5. The van der Waals surface area contributed by atoms with Crippen LogP contribution in [0.15, 0.2) is 0 Å².